The van der Waals surface area contributed by atoms with E-state index in [4.69, 9.17) is 5.73 Å². The number of nitrogens with two attached hydrogens (primary N) is 1. The maximum absolute atomic E-state index is 12.0. The number of aryl methyl sites for hydroxylation is 2. The summed E-state index contributed by atoms with van der Waals surface area (Å²) in [5.41, 5.74) is 8.58. The van der Waals surface area contributed by atoms with E-state index in [2.05, 4.69) is 20.7 Å². The number of carbonyl (C=O) groups excluding carboxylic acids is 1. The SMILES string of the molecule is COC(=O)CCC(N)c1cc2c(cc1Br)n(C)c(=O)n2C. The molecule has 114 valence electrons. The number of fused-ring (bicyclic) bond motifs is 1. The summed E-state index contributed by atoms with van der Waals surface area (Å²) in [4.78, 5) is 23.2. The van der Waals surface area contributed by atoms with Crippen molar-refractivity contribution in [3.05, 3.63) is 32.7 Å². The van der Waals surface area contributed by atoms with Crippen LogP contribution in [-0.2, 0) is 23.6 Å². The first kappa shape index (κ1) is 15.8. The maximum Gasteiger partial charge on any atom is 0.328 e. The van der Waals surface area contributed by atoms with Gasteiger partial charge in [-0.15, -0.1) is 0 Å². The molecule has 0 aliphatic carbocycles. The Morgan fingerprint density at radius 2 is 1.90 bits per heavy atom. The molecule has 1 aromatic heterocycles. The molecule has 0 radical (unpaired) electrons. The Kier molecular flexibility index (Phi) is 4.53. The summed E-state index contributed by atoms with van der Waals surface area (Å²) in [7, 11) is 4.81. The number of methoxy groups -OCH3 is 1. The van der Waals surface area contributed by atoms with Crippen LogP contribution in [-0.4, -0.2) is 22.2 Å². The van der Waals surface area contributed by atoms with E-state index in [1.807, 2.05) is 12.1 Å². The second-order valence-corrected chi connectivity index (χ2v) is 5.84. The highest BCUT2D eigenvalue weighted by molar-refractivity contribution is 9.10. The fourth-order valence-electron chi connectivity index (χ4n) is 2.35. The van der Waals surface area contributed by atoms with Crippen LogP contribution in [0.3, 0.4) is 0 Å². The standard InChI is InChI=1S/C14H18BrN3O3/c1-17-11-6-8(10(16)4-5-13(19)21-3)9(15)7-12(11)18(2)14(17)20/h6-7,10H,4-5,16H2,1-3H3. The van der Waals surface area contributed by atoms with Crippen molar-refractivity contribution < 1.29 is 9.53 Å². The van der Waals surface area contributed by atoms with Gasteiger partial charge in [0, 0.05) is 31.0 Å². The van der Waals surface area contributed by atoms with Crippen molar-refractivity contribution in [1.82, 2.24) is 9.13 Å². The Labute approximate surface area is 130 Å². The molecular weight excluding hydrogens is 338 g/mol. The predicted octanol–water partition coefficient (Wildman–Crippen LogP) is 1.59. The van der Waals surface area contributed by atoms with Crippen LogP contribution in [0.5, 0.6) is 0 Å². The fourth-order valence-corrected chi connectivity index (χ4v) is 2.98. The lowest BCUT2D eigenvalue weighted by Crippen LogP contribution is -2.19. The lowest BCUT2D eigenvalue weighted by Gasteiger charge is -2.14. The van der Waals surface area contributed by atoms with Gasteiger partial charge >= 0.3 is 11.7 Å². The van der Waals surface area contributed by atoms with E-state index >= 15 is 0 Å². The number of hydrogen-bond acceptors (Lipinski definition) is 4. The molecule has 7 heteroatoms. The molecule has 0 aliphatic heterocycles. The number of ether oxygens (including phenoxy) is 1. The van der Waals surface area contributed by atoms with Crippen LogP contribution < -0.4 is 11.4 Å². The zero-order chi connectivity index (χ0) is 15.7. The highest BCUT2D eigenvalue weighted by Gasteiger charge is 2.16. The fraction of sp³-hybridized carbons (Fsp3) is 0.429. The summed E-state index contributed by atoms with van der Waals surface area (Å²) in [5.74, 6) is -0.283. The summed E-state index contributed by atoms with van der Waals surface area (Å²) in [6, 6.07) is 3.46. The average molecular weight is 356 g/mol. The molecule has 0 aliphatic rings. The molecule has 2 aromatic rings. The smallest absolute Gasteiger partial charge is 0.328 e. The Morgan fingerprint density at radius 3 is 2.48 bits per heavy atom. The number of rotatable bonds is 4. The van der Waals surface area contributed by atoms with Gasteiger partial charge < -0.3 is 10.5 Å². The number of aromatic nitrogens is 2. The zero-order valence-electron chi connectivity index (χ0n) is 12.2. The van der Waals surface area contributed by atoms with E-state index in [0.29, 0.717) is 6.42 Å². The average Bonchev–Trinajstić information content (AvgIpc) is 2.68. The first-order chi connectivity index (χ1) is 9.86. The Balaban J connectivity index is 2.41. The quantitative estimate of drug-likeness (QED) is 0.844. The molecule has 0 saturated heterocycles. The molecular formula is C14H18BrN3O3. The summed E-state index contributed by atoms with van der Waals surface area (Å²) in [5, 5.41) is 0. The maximum atomic E-state index is 12.0. The lowest BCUT2D eigenvalue weighted by molar-refractivity contribution is -0.140. The zero-order valence-corrected chi connectivity index (χ0v) is 13.8. The van der Waals surface area contributed by atoms with Crippen LogP contribution in [0.15, 0.2) is 21.4 Å². The number of carbonyl (C=O) groups is 1. The van der Waals surface area contributed by atoms with E-state index < -0.39 is 0 Å². The van der Waals surface area contributed by atoms with E-state index in [0.717, 1.165) is 21.1 Å². The van der Waals surface area contributed by atoms with Crippen LogP contribution in [0.2, 0.25) is 0 Å². The molecule has 1 aromatic carbocycles. The summed E-state index contributed by atoms with van der Waals surface area (Å²) < 4.78 is 8.62. The molecule has 21 heavy (non-hydrogen) atoms. The molecule has 0 bridgehead atoms. The van der Waals surface area contributed by atoms with Gasteiger partial charge in [0.2, 0.25) is 0 Å². The topological polar surface area (TPSA) is 79.2 Å². The van der Waals surface area contributed by atoms with Crippen molar-refractivity contribution in [1.29, 1.82) is 0 Å². The second-order valence-electron chi connectivity index (χ2n) is 4.98. The van der Waals surface area contributed by atoms with Gasteiger partial charge in [-0.05, 0) is 24.1 Å². The van der Waals surface area contributed by atoms with Gasteiger partial charge in [0.1, 0.15) is 0 Å². The molecule has 0 amide bonds. The van der Waals surface area contributed by atoms with Crippen molar-refractivity contribution in [2.45, 2.75) is 18.9 Å². The Hall–Kier alpha value is -1.60. The third kappa shape index (κ3) is 2.89. The van der Waals surface area contributed by atoms with Gasteiger partial charge in [0.15, 0.2) is 0 Å². The largest absolute Gasteiger partial charge is 0.469 e. The Bertz CT molecular complexity index is 748. The highest BCUT2D eigenvalue weighted by Crippen LogP contribution is 2.29. The minimum Gasteiger partial charge on any atom is -0.469 e. The Morgan fingerprint density at radius 1 is 1.33 bits per heavy atom. The second kappa shape index (κ2) is 6.03. The van der Waals surface area contributed by atoms with Gasteiger partial charge in [-0.25, -0.2) is 4.79 Å². The number of benzene rings is 1. The van der Waals surface area contributed by atoms with Crippen molar-refractivity contribution >= 4 is 32.9 Å². The number of esters is 1. The van der Waals surface area contributed by atoms with Gasteiger partial charge in [-0.1, -0.05) is 15.9 Å². The number of halogens is 1. The van der Waals surface area contributed by atoms with Crippen molar-refractivity contribution in [2.75, 3.05) is 7.11 Å². The van der Waals surface area contributed by atoms with Crippen LogP contribution in [0.1, 0.15) is 24.4 Å². The molecule has 0 saturated carbocycles. The molecule has 0 spiro atoms. The molecule has 1 atom stereocenters. The number of nitrogens with zero attached hydrogens (tertiary/aromatic N) is 2. The highest BCUT2D eigenvalue weighted by atomic mass is 79.9. The van der Waals surface area contributed by atoms with Crippen molar-refractivity contribution in [3.63, 3.8) is 0 Å². The summed E-state index contributed by atoms with van der Waals surface area (Å²) in [6.45, 7) is 0. The molecule has 2 rings (SSSR count). The van der Waals surface area contributed by atoms with E-state index in [9.17, 15) is 9.59 Å². The molecule has 0 fully saturated rings. The first-order valence-corrected chi connectivity index (χ1v) is 7.33. The summed E-state index contributed by atoms with van der Waals surface area (Å²) in [6.07, 6.45) is 0.743. The first-order valence-electron chi connectivity index (χ1n) is 6.54. The minimum atomic E-state index is -0.307. The lowest BCUT2D eigenvalue weighted by atomic mass is 10.0. The van der Waals surface area contributed by atoms with Crippen molar-refractivity contribution in [3.8, 4) is 0 Å². The predicted molar refractivity (Wildman–Crippen MR) is 84.0 cm³/mol. The third-order valence-corrected chi connectivity index (χ3v) is 4.36. The molecule has 2 N–H and O–H groups in total. The van der Waals surface area contributed by atoms with Crippen LogP contribution in [0.25, 0.3) is 11.0 Å². The molecule has 1 heterocycles. The van der Waals surface area contributed by atoms with Gasteiger partial charge in [0.25, 0.3) is 0 Å². The van der Waals surface area contributed by atoms with E-state index in [1.54, 1.807) is 23.2 Å². The minimum absolute atomic E-state index is 0.0859. The normalized spacial score (nSPS) is 12.6. The summed E-state index contributed by atoms with van der Waals surface area (Å²) >= 11 is 3.49. The van der Waals surface area contributed by atoms with E-state index in [1.165, 1.54) is 7.11 Å². The molecule has 6 nitrogen and oxygen atoms in total. The van der Waals surface area contributed by atoms with Crippen molar-refractivity contribution in [2.24, 2.45) is 19.8 Å². The van der Waals surface area contributed by atoms with Gasteiger partial charge in [-0.3, -0.25) is 13.9 Å². The monoisotopic (exact) mass is 355 g/mol. The van der Waals surface area contributed by atoms with Crippen LogP contribution in [0, 0.1) is 0 Å². The number of imidazole rings is 1. The third-order valence-electron chi connectivity index (χ3n) is 3.68. The van der Waals surface area contributed by atoms with Crippen LogP contribution in [0.4, 0.5) is 0 Å². The molecule has 1 unspecified atom stereocenters. The van der Waals surface area contributed by atoms with Crippen LogP contribution >= 0.6 is 15.9 Å². The number of hydrogen-bond donors (Lipinski definition) is 1. The van der Waals surface area contributed by atoms with Gasteiger partial charge in [-0.2, -0.15) is 0 Å². The van der Waals surface area contributed by atoms with E-state index in [-0.39, 0.29) is 24.1 Å². The van der Waals surface area contributed by atoms with Gasteiger partial charge in [0.05, 0.1) is 18.1 Å².